The monoisotopic (exact) mass is 527 g/mol. The molecule has 0 saturated carbocycles. The van der Waals surface area contributed by atoms with Gasteiger partial charge in [0.2, 0.25) is 11.8 Å². The Bertz CT molecular complexity index is 1440. The number of anilines is 1. The Kier molecular flexibility index (Phi) is 6.77. The van der Waals surface area contributed by atoms with Crippen molar-refractivity contribution >= 4 is 21.6 Å². The van der Waals surface area contributed by atoms with Gasteiger partial charge in [-0.1, -0.05) is 24.3 Å². The molecule has 2 aromatic heterocycles. The molecule has 1 aliphatic heterocycles. The molecule has 1 atom stereocenters. The van der Waals surface area contributed by atoms with E-state index in [1.54, 1.807) is 23.1 Å². The van der Waals surface area contributed by atoms with E-state index in [9.17, 15) is 35.9 Å². The minimum Gasteiger partial charge on any atom is -0.387 e. The SMILES string of the molecule is O=c1nc(N2CC=C(c3ccc(F)cc3)C(O)C2)ncn1Cc1ccc(OS(=O)(=O)C(F)(F)F)nc1. The molecule has 10 nitrogen and oxygen atoms in total. The number of nitrogens with zero attached hydrogens (tertiary/aromatic N) is 5. The second kappa shape index (κ2) is 9.66. The summed E-state index contributed by atoms with van der Waals surface area (Å²) in [5.74, 6) is -1.11. The summed E-state index contributed by atoms with van der Waals surface area (Å²) in [6.07, 6.45) is 3.05. The van der Waals surface area contributed by atoms with Gasteiger partial charge in [-0.3, -0.25) is 4.57 Å². The maximum absolute atomic E-state index is 13.2. The second-order valence-corrected chi connectivity index (χ2v) is 9.18. The first-order chi connectivity index (χ1) is 16.9. The van der Waals surface area contributed by atoms with E-state index in [2.05, 4.69) is 19.1 Å². The van der Waals surface area contributed by atoms with Gasteiger partial charge < -0.3 is 14.2 Å². The summed E-state index contributed by atoms with van der Waals surface area (Å²) in [5, 5.41) is 10.5. The molecule has 0 spiro atoms. The van der Waals surface area contributed by atoms with Crippen LogP contribution in [0.3, 0.4) is 0 Å². The third kappa shape index (κ3) is 5.52. The van der Waals surface area contributed by atoms with Crippen molar-refractivity contribution < 1.29 is 35.3 Å². The third-order valence-electron chi connectivity index (χ3n) is 5.13. The Morgan fingerprint density at radius 3 is 2.42 bits per heavy atom. The summed E-state index contributed by atoms with van der Waals surface area (Å²) < 4.78 is 77.5. The number of hydrogen-bond donors (Lipinski definition) is 1. The first-order valence-electron chi connectivity index (χ1n) is 10.2. The van der Waals surface area contributed by atoms with E-state index < -0.39 is 39.1 Å². The van der Waals surface area contributed by atoms with Crippen LogP contribution in [0.1, 0.15) is 11.1 Å². The number of hydrogen-bond acceptors (Lipinski definition) is 9. The fraction of sp³-hybridized carbons (Fsp3) is 0.238. The van der Waals surface area contributed by atoms with E-state index in [0.29, 0.717) is 23.2 Å². The standard InChI is InChI=1S/C21H17F4N5O5S/c22-15-4-2-14(3-5-15)16-7-8-29(11-17(16)31)19-27-12-30(20(32)28-19)10-13-1-6-18(26-9-13)35-36(33,34)21(23,24)25/h1-7,9,12,17,31H,8,10-11H2. The quantitative estimate of drug-likeness (QED) is 0.290. The maximum Gasteiger partial charge on any atom is 0.534 e. The summed E-state index contributed by atoms with van der Waals surface area (Å²) in [5.41, 5.74) is -4.67. The lowest BCUT2D eigenvalue weighted by Gasteiger charge is -2.30. The zero-order valence-corrected chi connectivity index (χ0v) is 18.9. The lowest BCUT2D eigenvalue weighted by molar-refractivity contribution is -0.0501. The van der Waals surface area contributed by atoms with Crippen LogP contribution in [0, 0.1) is 5.82 Å². The Hall–Kier alpha value is -3.85. The molecular weight excluding hydrogens is 510 g/mol. The highest BCUT2D eigenvalue weighted by Crippen LogP contribution is 2.26. The molecule has 1 aliphatic rings. The van der Waals surface area contributed by atoms with Gasteiger partial charge in [-0.05, 0) is 28.8 Å². The molecular formula is C21H17F4N5O5S. The predicted molar refractivity (Wildman–Crippen MR) is 118 cm³/mol. The van der Waals surface area contributed by atoms with Crippen LogP contribution in [0.25, 0.3) is 5.57 Å². The lowest BCUT2D eigenvalue weighted by Crippen LogP contribution is -2.40. The van der Waals surface area contributed by atoms with Gasteiger partial charge in [-0.2, -0.15) is 26.6 Å². The first-order valence-corrected chi connectivity index (χ1v) is 11.6. The van der Waals surface area contributed by atoms with E-state index in [1.165, 1.54) is 24.5 Å². The first kappa shape index (κ1) is 25.2. The van der Waals surface area contributed by atoms with E-state index in [1.807, 2.05) is 0 Å². The van der Waals surface area contributed by atoms with Crippen LogP contribution in [-0.4, -0.2) is 57.7 Å². The molecule has 3 heterocycles. The fourth-order valence-corrected chi connectivity index (χ4v) is 3.78. The number of aliphatic hydroxyl groups is 1. The lowest BCUT2D eigenvalue weighted by atomic mass is 9.97. The fourth-order valence-electron chi connectivity index (χ4n) is 3.36. The molecule has 36 heavy (non-hydrogen) atoms. The van der Waals surface area contributed by atoms with Crippen LogP contribution in [-0.2, 0) is 16.7 Å². The van der Waals surface area contributed by atoms with Gasteiger partial charge in [0.25, 0.3) is 0 Å². The van der Waals surface area contributed by atoms with Crippen LogP contribution in [0.2, 0.25) is 0 Å². The molecule has 190 valence electrons. The smallest absolute Gasteiger partial charge is 0.387 e. The van der Waals surface area contributed by atoms with Gasteiger partial charge in [0.15, 0.2) is 0 Å². The number of benzene rings is 1. The summed E-state index contributed by atoms with van der Waals surface area (Å²) >= 11 is 0. The van der Waals surface area contributed by atoms with Crippen molar-refractivity contribution in [2.75, 3.05) is 18.0 Å². The molecule has 0 amide bonds. The number of β-amino-alcohol motifs (C(OH)–C–C–N with tert-alkyl or cyclic N) is 1. The van der Waals surface area contributed by atoms with Crippen molar-refractivity contribution in [2.24, 2.45) is 0 Å². The van der Waals surface area contributed by atoms with Gasteiger partial charge in [0, 0.05) is 18.8 Å². The Balaban J connectivity index is 1.44. The van der Waals surface area contributed by atoms with Crippen LogP contribution in [0.15, 0.2) is 59.8 Å². The van der Waals surface area contributed by atoms with Crippen molar-refractivity contribution in [3.8, 4) is 5.88 Å². The van der Waals surface area contributed by atoms with Crippen molar-refractivity contribution in [3.63, 3.8) is 0 Å². The molecule has 1 N–H and O–H groups in total. The van der Waals surface area contributed by atoms with Crippen molar-refractivity contribution in [2.45, 2.75) is 18.2 Å². The zero-order chi connectivity index (χ0) is 26.1. The van der Waals surface area contributed by atoms with E-state index >= 15 is 0 Å². The number of halogens is 4. The number of pyridine rings is 1. The summed E-state index contributed by atoms with van der Waals surface area (Å²) in [4.78, 5) is 25.6. The van der Waals surface area contributed by atoms with Crippen molar-refractivity contribution in [1.82, 2.24) is 19.5 Å². The number of aliphatic hydroxyl groups excluding tert-OH is 1. The topological polar surface area (TPSA) is 128 Å². The summed E-state index contributed by atoms with van der Waals surface area (Å²) in [6.45, 7) is 0.286. The molecule has 3 aromatic rings. The molecule has 0 fully saturated rings. The molecule has 0 radical (unpaired) electrons. The van der Waals surface area contributed by atoms with Crippen LogP contribution in [0.4, 0.5) is 23.5 Å². The van der Waals surface area contributed by atoms with Gasteiger partial charge in [-0.25, -0.2) is 19.2 Å². The molecule has 15 heteroatoms. The minimum atomic E-state index is -5.85. The number of rotatable bonds is 6. The predicted octanol–water partition coefficient (Wildman–Crippen LogP) is 1.71. The van der Waals surface area contributed by atoms with Gasteiger partial charge >= 0.3 is 21.3 Å². The highest BCUT2D eigenvalue weighted by Gasteiger charge is 2.48. The van der Waals surface area contributed by atoms with Gasteiger partial charge in [-0.15, -0.1) is 0 Å². The molecule has 1 unspecified atom stereocenters. The van der Waals surface area contributed by atoms with E-state index in [4.69, 9.17) is 0 Å². The molecule has 1 aromatic carbocycles. The normalized spacial score (nSPS) is 16.5. The Morgan fingerprint density at radius 1 is 1.11 bits per heavy atom. The highest BCUT2D eigenvalue weighted by molar-refractivity contribution is 7.87. The highest BCUT2D eigenvalue weighted by atomic mass is 32.2. The van der Waals surface area contributed by atoms with Crippen molar-refractivity contribution in [1.29, 1.82) is 0 Å². The molecule has 0 bridgehead atoms. The number of aromatic nitrogens is 4. The number of alkyl halides is 3. The molecule has 4 rings (SSSR count). The molecule has 0 saturated heterocycles. The minimum absolute atomic E-state index is 0.0731. The molecule has 0 aliphatic carbocycles. The largest absolute Gasteiger partial charge is 0.534 e. The van der Waals surface area contributed by atoms with Crippen LogP contribution in [0.5, 0.6) is 5.88 Å². The van der Waals surface area contributed by atoms with Crippen LogP contribution >= 0.6 is 0 Å². The third-order valence-corrected chi connectivity index (χ3v) is 6.08. The van der Waals surface area contributed by atoms with E-state index in [-0.39, 0.29) is 19.0 Å². The summed E-state index contributed by atoms with van der Waals surface area (Å²) in [7, 11) is -5.85. The second-order valence-electron chi connectivity index (χ2n) is 7.64. The maximum atomic E-state index is 13.2. The Morgan fingerprint density at radius 2 is 1.83 bits per heavy atom. The van der Waals surface area contributed by atoms with Crippen molar-refractivity contribution in [3.05, 3.63) is 82.4 Å². The van der Waals surface area contributed by atoms with Crippen LogP contribution < -0.4 is 14.8 Å². The average molecular weight is 527 g/mol. The summed E-state index contributed by atoms with van der Waals surface area (Å²) in [6, 6.07) is 7.84. The van der Waals surface area contributed by atoms with Gasteiger partial charge in [0.05, 0.1) is 19.2 Å². The zero-order valence-electron chi connectivity index (χ0n) is 18.1. The Labute approximate surface area is 201 Å². The van der Waals surface area contributed by atoms with Gasteiger partial charge in [0.1, 0.15) is 12.1 Å². The van der Waals surface area contributed by atoms with E-state index in [0.717, 1.165) is 16.8 Å². The average Bonchev–Trinajstić information content (AvgIpc) is 2.81.